The zero-order valence-corrected chi connectivity index (χ0v) is 21.8. The van der Waals surface area contributed by atoms with E-state index in [4.69, 9.17) is 4.98 Å². The average Bonchev–Trinajstić information content (AvgIpc) is 3.75. The molecule has 0 unspecified atom stereocenters. The molecule has 0 spiro atoms. The molecule has 0 aromatic carbocycles. The van der Waals surface area contributed by atoms with Crippen molar-refractivity contribution in [2.45, 2.75) is 57.7 Å². The Morgan fingerprint density at radius 1 is 1.17 bits per heavy atom. The quantitative estimate of drug-likeness (QED) is 0.392. The number of imidazole rings is 1. The van der Waals surface area contributed by atoms with Gasteiger partial charge in [0.15, 0.2) is 10.9 Å². The van der Waals surface area contributed by atoms with Crippen molar-refractivity contribution in [2.75, 3.05) is 19.4 Å². The number of anilines is 2. The van der Waals surface area contributed by atoms with Crippen LogP contribution >= 0.6 is 11.3 Å². The van der Waals surface area contributed by atoms with Crippen LogP contribution in [0, 0.1) is 0 Å². The fraction of sp³-hybridized carbons (Fsp3) is 0.480. The lowest BCUT2D eigenvalue weighted by molar-refractivity contribution is -0.128. The van der Waals surface area contributed by atoms with Crippen LogP contribution in [0.3, 0.4) is 0 Å². The highest BCUT2D eigenvalue weighted by atomic mass is 32.1. The fourth-order valence-corrected chi connectivity index (χ4v) is 5.53. The Balaban J connectivity index is 1.41. The second-order valence-corrected chi connectivity index (χ2v) is 10.8. The third kappa shape index (κ3) is 3.91. The molecular formula is C25H30N8O2S. The molecule has 0 bridgehead atoms. The number of nitrogens with zero attached hydrogens (tertiary/aromatic N) is 7. The highest BCUT2D eigenvalue weighted by Gasteiger charge is 2.43. The lowest BCUT2D eigenvalue weighted by atomic mass is 10.2. The molecule has 1 N–H and O–H groups in total. The van der Waals surface area contributed by atoms with Crippen LogP contribution in [0.15, 0.2) is 17.8 Å². The van der Waals surface area contributed by atoms with Gasteiger partial charge < -0.3 is 24.3 Å². The predicted molar refractivity (Wildman–Crippen MR) is 140 cm³/mol. The monoisotopic (exact) mass is 506 g/mol. The third-order valence-corrected chi connectivity index (χ3v) is 7.77. The molecule has 0 aliphatic heterocycles. The fourth-order valence-electron chi connectivity index (χ4n) is 4.83. The normalized spacial score (nSPS) is 15.6. The molecule has 4 heterocycles. The molecule has 2 saturated carbocycles. The van der Waals surface area contributed by atoms with Crippen molar-refractivity contribution in [1.82, 2.24) is 33.9 Å². The Hall–Kier alpha value is -3.47. The molecule has 0 atom stereocenters. The van der Waals surface area contributed by atoms with E-state index in [0.717, 1.165) is 47.8 Å². The van der Waals surface area contributed by atoms with Crippen LogP contribution < -0.4 is 5.32 Å². The summed E-state index contributed by atoms with van der Waals surface area (Å²) in [6.07, 6.45) is 6.42. The van der Waals surface area contributed by atoms with Crippen molar-refractivity contribution in [2.24, 2.45) is 7.05 Å². The van der Waals surface area contributed by atoms with Crippen molar-refractivity contribution < 1.29 is 9.59 Å². The summed E-state index contributed by atoms with van der Waals surface area (Å²) in [5.41, 5.74) is 3.81. The summed E-state index contributed by atoms with van der Waals surface area (Å²) in [6, 6.07) is 2.76. The van der Waals surface area contributed by atoms with E-state index in [9.17, 15) is 9.59 Å². The van der Waals surface area contributed by atoms with Gasteiger partial charge in [-0.3, -0.25) is 9.59 Å². The maximum atomic E-state index is 13.7. The minimum absolute atomic E-state index is 0.00270. The Morgan fingerprint density at radius 2 is 1.89 bits per heavy atom. The molecule has 11 heteroatoms. The molecule has 2 fully saturated rings. The Morgan fingerprint density at radius 3 is 2.53 bits per heavy atom. The van der Waals surface area contributed by atoms with Crippen LogP contribution in [0.1, 0.15) is 48.8 Å². The van der Waals surface area contributed by atoms with E-state index < -0.39 is 0 Å². The van der Waals surface area contributed by atoms with Gasteiger partial charge in [-0.05, 0) is 38.7 Å². The zero-order valence-electron chi connectivity index (χ0n) is 21.0. The minimum Gasteiger partial charge on any atom is -0.348 e. The van der Waals surface area contributed by atoms with E-state index in [1.807, 2.05) is 34.6 Å². The summed E-state index contributed by atoms with van der Waals surface area (Å²) in [7, 11) is 5.43. The number of nitrogens with one attached hydrogen (secondary N) is 1. The van der Waals surface area contributed by atoms with Crippen LogP contribution in [0.2, 0.25) is 0 Å². The number of amides is 2. The van der Waals surface area contributed by atoms with Gasteiger partial charge in [0.25, 0.3) is 5.91 Å². The van der Waals surface area contributed by atoms with Gasteiger partial charge in [0, 0.05) is 50.5 Å². The number of aromatic nitrogens is 5. The Bertz CT molecular complexity index is 1480. The maximum Gasteiger partial charge on any atom is 0.271 e. The molecule has 0 saturated heterocycles. The van der Waals surface area contributed by atoms with Gasteiger partial charge in [-0.25, -0.2) is 15.0 Å². The van der Waals surface area contributed by atoms with Crippen LogP contribution in [0.25, 0.3) is 22.1 Å². The predicted octanol–water partition coefficient (Wildman–Crippen LogP) is 3.54. The number of rotatable bonds is 8. The average molecular weight is 507 g/mol. The second kappa shape index (κ2) is 8.58. The van der Waals surface area contributed by atoms with E-state index in [0.29, 0.717) is 41.0 Å². The molecule has 10 nitrogen and oxygen atoms in total. The first-order chi connectivity index (χ1) is 17.4. The third-order valence-electron chi connectivity index (χ3n) is 6.96. The van der Waals surface area contributed by atoms with Crippen molar-refractivity contribution in [1.29, 1.82) is 0 Å². The molecule has 188 valence electrons. The highest BCUT2D eigenvalue weighted by molar-refractivity contribution is 7.13. The molecule has 2 aliphatic rings. The van der Waals surface area contributed by atoms with Gasteiger partial charge in [-0.1, -0.05) is 0 Å². The first-order valence-corrected chi connectivity index (χ1v) is 13.3. The molecule has 2 aliphatic carbocycles. The number of thiazole rings is 1. The number of carbonyl (C=O) groups is 2. The van der Waals surface area contributed by atoms with Crippen LogP contribution in [-0.2, 0) is 24.8 Å². The Kier molecular flexibility index (Phi) is 5.47. The number of hydrogen-bond donors (Lipinski definition) is 1. The molecule has 6 rings (SSSR count). The molecule has 0 radical (unpaired) electrons. The van der Waals surface area contributed by atoms with Crippen molar-refractivity contribution in [3.63, 3.8) is 0 Å². The number of aryl methyl sites for hydroxylation is 2. The maximum absolute atomic E-state index is 13.7. The molecule has 36 heavy (non-hydrogen) atoms. The topological polar surface area (TPSA) is 101 Å². The van der Waals surface area contributed by atoms with E-state index >= 15 is 0 Å². The van der Waals surface area contributed by atoms with Crippen molar-refractivity contribution in [3.05, 3.63) is 29.2 Å². The van der Waals surface area contributed by atoms with Crippen LogP contribution in [0.4, 0.5) is 10.9 Å². The highest BCUT2D eigenvalue weighted by Crippen LogP contribution is 2.39. The lowest BCUT2D eigenvalue weighted by Crippen LogP contribution is -2.36. The van der Waals surface area contributed by atoms with E-state index in [-0.39, 0.29) is 18.2 Å². The first kappa shape index (κ1) is 23.0. The number of pyridine rings is 1. The number of hydrogen-bond acceptors (Lipinski definition) is 7. The summed E-state index contributed by atoms with van der Waals surface area (Å²) in [5, 5.41) is 6.78. The van der Waals surface area contributed by atoms with Crippen molar-refractivity contribution >= 4 is 56.2 Å². The molecule has 4 aromatic rings. The SMILES string of the molecule is CCn1c(C(=O)N(C2CC2)C2CC2)cc2c3c(ncn3C)c(Nc3nc(CC(=O)N(C)C)cs3)nc21. The summed E-state index contributed by atoms with van der Waals surface area (Å²) >= 11 is 1.43. The summed E-state index contributed by atoms with van der Waals surface area (Å²) in [6.45, 7) is 2.68. The standard InChI is InChI=1S/C25H30N8O2S/c1-5-32-18(24(35)33(15-6-7-15)16-8-9-16)11-17-21-20(26-13-31(21)4)22(28-23(17)32)29-25-27-14(12-36-25)10-19(34)30(2)3/h11-13,15-16H,5-10H2,1-4H3,(H,27,28,29). The van der Waals surface area contributed by atoms with Gasteiger partial charge >= 0.3 is 0 Å². The number of likely N-dealkylation sites (N-methyl/N-ethyl adjacent to an activating group) is 1. The van der Waals surface area contributed by atoms with Gasteiger partial charge in [0.2, 0.25) is 5.91 Å². The van der Waals surface area contributed by atoms with Crippen molar-refractivity contribution in [3.8, 4) is 0 Å². The smallest absolute Gasteiger partial charge is 0.271 e. The van der Waals surface area contributed by atoms with Crippen LogP contribution in [-0.4, -0.2) is 71.9 Å². The zero-order chi connectivity index (χ0) is 25.1. The van der Waals surface area contributed by atoms with Gasteiger partial charge in [-0.2, -0.15) is 0 Å². The van der Waals surface area contributed by atoms with E-state index in [1.165, 1.54) is 11.3 Å². The number of fused-ring (bicyclic) bond motifs is 3. The lowest BCUT2D eigenvalue weighted by Gasteiger charge is -2.22. The van der Waals surface area contributed by atoms with Crippen LogP contribution in [0.5, 0.6) is 0 Å². The largest absolute Gasteiger partial charge is 0.348 e. The van der Waals surface area contributed by atoms with Gasteiger partial charge in [0.05, 0.1) is 24.0 Å². The summed E-state index contributed by atoms with van der Waals surface area (Å²) in [4.78, 5) is 43.7. The van der Waals surface area contributed by atoms with Gasteiger partial charge in [-0.15, -0.1) is 11.3 Å². The molecular weight excluding hydrogens is 476 g/mol. The number of carbonyl (C=O) groups excluding carboxylic acids is 2. The minimum atomic E-state index is 0.00270. The van der Waals surface area contributed by atoms with E-state index in [1.54, 1.807) is 25.3 Å². The molecule has 4 aromatic heterocycles. The second-order valence-electron chi connectivity index (χ2n) is 9.93. The summed E-state index contributed by atoms with van der Waals surface area (Å²) < 4.78 is 4.00. The first-order valence-electron chi connectivity index (χ1n) is 12.4. The van der Waals surface area contributed by atoms with Gasteiger partial charge in [0.1, 0.15) is 16.9 Å². The molecule has 2 amide bonds. The summed E-state index contributed by atoms with van der Waals surface area (Å²) in [5.74, 6) is 0.702. The Labute approximate surface area is 212 Å². The van der Waals surface area contributed by atoms with E-state index in [2.05, 4.69) is 20.2 Å².